The zero-order valence-electron chi connectivity index (χ0n) is 22.1. The van der Waals surface area contributed by atoms with E-state index in [-0.39, 0.29) is 17.5 Å². The molecule has 0 aromatic heterocycles. The Morgan fingerprint density at radius 2 is 1.38 bits per heavy atom. The molecule has 2 aliphatic rings. The Morgan fingerprint density at radius 3 is 1.74 bits per heavy atom. The van der Waals surface area contributed by atoms with Gasteiger partial charge in [-0.25, -0.2) is 9.59 Å². The number of carbonyl (C=O) groups excluding carboxylic acids is 1. The molecule has 0 saturated carbocycles. The molecule has 2 saturated heterocycles. The van der Waals surface area contributed by atoms with Gasteiger partial charge in [0.05, 0.1) is 6.61 Å². The fourth-order valence-electron chi connectivity index (χ4n) is 3.64. The Hall–Kier alpha value is -1.22. The van der Waals surface area contributed by atoms with Gasteiger partial charge in [-0.05, 0) is 50.4 Å². The number of aliphatic hydroxyl groups excluding tert-OH is 1. The summed E-state index contributed by atoms with van der Waals surface area (Å²) in [6.45, 7) is 10.9. The van der Waals surface area contributed by atoms with Crippen molar-refractivity contribution < 1.29 is 39.5 Å². The van der Waals surface area contributed by atoms with E-state index in [0.717, 1.165) is 38.5 Å². The second-order valence-electron chi connectivity index (χ2n) is 8.99. The van der Waals surface area contributed by atoms with E-state index in [1.165, 1.54) is 32.1 Å². The van der Waals surface area contributed by atoms with Gasteiger partial charge in [-0.1, -0.05) is 66.2 Å². The summed E-state index contributed by atoms with van der Waals surface area (Å²) in [6.07, 6.45) is 12.1. The first-order valence-corrected chi connectivity index (χ1v) is 13.2. The summed E-state index contributed by atoms with van der Waals surface area (Å²) in [5.74, 6) is 0.0881. The second kappa shape index (κ2) is 23.5. The topological polar surface area (TPSA) is 134 Å². The number of aliphatic carboxylic acids is 1. The van der Waals surface area contributed by atoms with Crippen LogP contribution in [0.4, 0.5) is 0 Å². The van der Waals surface area contributed by atoms with Crippen molar-refractivity contribution in [3.8, 4) is 0 Å². The molecular formula is C26H52O8. The maximum atomic E-state index is 11.6. The first-order valence-electron chi connectivity index (χ1n) is 13.2. The minimum absolute atomic E-state index is 0. The predicted molar refractivity (Wildman–Crippen MR) is 134 cm³/mol. The van der Waals surface area contributed by atoms with Crippen molar-refractivity contribution in [1.82, 2.24) is 0 Å². The fourth-order valence-corrected chi connectivity index (χ4v) is 3.64. The van der Waals surface area contributed by atoms with E-state index >= 15 is 0 Å². The number of carboxylic acid groups (broad SMARTS) is 1. The highest BCUT2D eigenvalue weighted by Gasteiger charge is 2.25. The van der Waals surface area contributed by atoms with Gasteiger partial charge >= 0.3 is 11.9 Å². The lowest BCUT2D eigenvalue weighted by atomic mass is 10.0. The highest BCUT2D eigenvalue weighted by Crippen LogP contribution is 2.17. The first-order chi connectivity index (χ1) is 15.9. The molecule has 0 aromatic rings. The third kappa shape index (κ3) is 17.2. The van der Waals surface area contributed by atoms with Crippen molar-refractivity contribution in [2.45, 2.75) is 117 Å². The van der Waals surface area contributed by atoms with Gasteiger partial charge in [0, 0.05) is 19.8 Å². The molecule has 4 unspecified atom stereocenters. The van der Waals surface area contributed by atoms with Crippen molar-refractivity contribution in [1.29, 1.82) is 0 Å². The van der Waals surface area contributed by atoms with Gasteiger partial charge in [-0.2, -0.15) is 0 Å². The molecule has 4 atom stereocenters. The van der Waals surface area contributed by atoms with Gasteiger partial charge in [0.1, 0.15) is 0 Å². The van der Waals surface area contributed by atoms with E-state index in [0.29, 0.717) is 44.7 Å². The van der Waals surface area contributed by atoms with Crippen LogP contribution in [0.5, 0.6) is 0 Å². The quantitative estimate of drug-likeness (QED) is 0.360. The zero-order chi connectivity index (χ0) is 24.9. The standard InChI is InChI=1S/C13H24O3.C8H18O.C5H8O3.H2O/c1-3-5-7-11(4-2)10-16-13(14)12-8-6-9-15-12;1-3-5-6-8(4-2)7-9;6-5(7)4-2-1-3-8-4;/h11-12H,3-10H2,1-2H3;8-9H,3-7H2,1-2H3;4H,1-3H2,(H,6,7);1H2. The number of unbranched alkanes of at least 4 members (excludes halogenated alkanes) is 2. The van der Waals surface area contributed by atoms with E-state index in [4.69, 9.17) is 24.4 Å². The molecule has 0 aliphatic carbocycles. The van der Waals surface area contributed by atoms with Crippen LogP contribution in [0.2, 0.25) is 0 Å². The SMILES string of the molecule is CCCCC(CC)CO.CCCCC(CC)COC(=O)C1CCCO1.O.O=C(O)C1CCCO1. The molecule has 2 rings (SSSR count). The molecule has 34 heavy (non-hydrogen) atoms. The number of carboxylic acids is 1. The summed E-state index contributed by atoms with van der Waals surface area (Å²) in [5, 5.41) is 17.0. The molecule has 2 heterocycles. The smallest absolute Gasteiger partial charge is 0.335 e. The number of hydrogen-bond acceptors (Lipinski definition) is 6. The molecule has 0 aromatic carbocycles. The van der Waals surface area contributed by atoms with E-state index in [1.807, 2.05) is 0 Å². The molecule has 204 valence electrons. The lowest BCUT2D eigenvalue weighted by Crippen LogP contribution is -2.24. The lowest BCUT2D eigenvalue weighted by molar-refractivity contribution is -0.155. The summed E-state index contributed by atoms with van der Waals surface area (Å²) in [7, 11) is 0. The van der Waals surface area contributed by atoms with E-state index < -0.39 is 12.1 Å². The number of aliphatic hydroxyl groups is 1. The average Bonchev–Trinajstić information content (AvgIpc) is 3.55. The normalized spacial score (nSPS) is 20.6. The molecule has 8 nitrogen and oxygen atoms in total. The van der Waals surface area contributed by atoms with Crippen LogP contribution < -0.4 is 0 Å². The molecule has 0 amide bonds. The number of hydrogen-bond donors (Lipinski definition) is 2. The van der Waals surface area contributed by atoms with Crippen molar-refractivity contribution in [3.63, 3.8) is 0 Å². The second-order valence-corrected chi connectivity index (χ2v) is 8.99. The molecule has 2 aliphatic heterocycles. The van der Waals surface area contributed by atoms with Crippen LogP contribution in [-0.2, 0) is 23.8 Å². The highest BCUT2D eigenvalue weighted by atomic mass is 16.6. The Balaban J connectivity index is 0. The van der Waals surface area contributed by atoms with E-state index in [2.05, 4.69) is 27.7 Å². The maximum absolute atomic E-state index is 11.6. The summed E-state index contributed by atoms with van der Waals surface area (Å²) < 4.78 is 15.4. The van der Waals surface area contributed by atoms with E-state index in [1.54, 1.807) is 0 Å². The van der Waals surface area contributed by atoms with Gasteiger partial charge in [0.25, 0.3) is 0 Å². The Labute approximate surface area is 207 Å². The number of carbonyl (C=O) groups is 2. The third-order valence-corrected chi connectivity index (χ3v) is 6.20. The molecule has 0 radical (unpaired) electrons. The van der Waals surface area contributed by atoms with Crippen LogP contribution in [0, 0.1) is 11.8 Å². The molecule has 0 spiro atoms. The van der Waals surface area contributed by atoms with Gasteiger partial charge in [0.15, 0.2) is 12.2 Å². The molecule has 8 heteroatoms. The lowest BCUT2D eigenvalue weighted by Gasteiger charge is -2.16. The first kappa shape index (κ1) is 34.9. The Bertz CT molecular complexity index is 469. The highest BCUT2D eigenvalue weighted by molar-refractivity contribution is 5.74. The van der Waals surface area contributed by atoms with Crippen molar-refractivity contribution in [2.75, 3.05) is 26.4 Å². The van der Waals surface area contributed by atoms with Crippen molar-refractivity contribution in [2.24, 2.45) is 11.8 Å². The summed E-state index contributed by atoms with van der Waals surface area (Å²) in [4.78, 5) is 21.7. The molecule has 0 bridgehead atoms. The van der Waals surface area contributed by atoms with Gasteiger partial charge in [-0.3, -0.25) is 0 Å². The Kier molecular flexibility index (Phi) is 24.2. The van der Waals surface area contributed by atoms with Crippen LogP contribution in [-0.4, -0.2) is 66.3 Å². The van der Waals surface area contributed by atoms with Gasteiger partial charge in [-0.15, -0.1) is 0 Å². The molecule has 2 fully saturated rings. The van der Waals surface area contributed by atoms with Crippen LogP contribution in [0.15, 0.2) is 0 Å². The number of esters is 1. The van der Waals surface area contributed by atoms with Crippen molar-refractivity contribution >= 4 is 11.9 Å². The van der Waals surface area contributed by atoms with Crippen LogP contribution in [0.3, 0.4) is 0 Å². The monoisotopic (exact) mass is 492 g/mol. The maximum Gasteiger partial charge on any atom is 0.335 e. The minimum atomic E-state index is -0.831. The Morgan fingerprint density at radius 1 is 0.882 bits per heavy atom. The van der Waals surface area contributed by atoms with Crippen LogP contribution in [0.1, 0.15) is 105 Å². The number of rotatable bonds is 13. The predicted octanol–water partition coefficient (Wildman–Crippen LogP) is 4.55. The zero-order valence-corrected chi connectivity index (χ0v) is 22.1. The largest absolute Gasteiger partial charge is 0.479 e. The minimum Gasteiger partial charge on any atom is -0.479 e. The van der Waals surface area contributed by atoms with Crippen molar-refractivity contribution in [3.05, 3.63) is 0 Å². The third-order valence-electron chi connectivity index (χ3n) is 6.20. The average molecular weight is 493 g/mol. The van der Waals surface area contributed by atoms with Crippen LogP contribution in [0.25, 0.3) is 0 Å². The molecule has 4 N–H and O–H groups in total. The van der Waals surface area contributed by atoms with Gasteiger partial charge in [0.2, 0.25) is 0 Å². The summed E-state index contributed by atoms with van der Waals surface area (Å²) >= 11 is 0. The summed E-state index contributed by atoms with van der Waals surface area (Å²) in [6, 6.07) is 0. The van der Waals surface area contributed by atoms with Gasteiger partial charge < -0.3 is 29.9 Å². The molecular weight excluding hydrogens is 440 g/mol. The van der Waals surface area contributed by atoms with E-state index in [9.17, 15) is 9.59 Å². The fraction of sp³-hybridized carbons (Fsp3) is 0.923. The number of ether oxygens (including phenoxy) is 3. The van der Waals surface area contributed by atoms with Crippen LogP contribution >= 0.6 is 0 Å². The summed E-state index contributed by atoms with van der Waals surface area (Å²) in [5.41, 5.74) is 0.